The molecule has 1 aliphatic heterocycles. The molecule has 4 N–H and O–H groups in total. The van der Waals surface area contributed by atoms with Crippen LogP contribution >= 0.6 is 35.7 Å². The minimum atomic E-state index is -4.72. The summed E-state index contributed by atoms with van der Waals surface area (Å²) in [5.74, 6) is 1.29. The molecule has 1 aromatic carbocycles. The summed E-state index contributed by atoms with van der Waals surface area (Å²) >= 11 is 1.66. The Hall–Kier alpha value is -0.880. The van der Waals surface area contributed by atoms with Gasteiger partial charge in [0.2, 0.25) is 0 Å². The van der Waals surface area contributed by atoms with Gasteiger partial charge in [0, 0.05) is 11.4 Å². The largest absolute Gasteiger partial charge is 0.573 e. The molecule has 0 saturated carbocycles. The van der Waals surface area contributed by atoms with E-state index in [1.165, 1.54) is 24.3 Å². The number of hydrogen-bond donors (Lipinski definition) is 3. The summed E-state index contributed by atoms with van der Waals surface area (Å²) in [5.41, 5.74) is 5.34. The topological polar surface area (TPSA) is 79.9 Å². The van der Waals surface area contributed by atoms with E-state index in [0.29, 0.717) is 17.9 Å². The highest BCUT2D eigenvalue weighted by Crippen LogP contribution is 2.28. The summed E-state index contributed by atoms with van der Waals surface area (Å²) in [6.07, 6.45) is -4.05. The van der Waals surface area contributed by atoms with Crippen LogP contribution in [0.15, 0.2) is 29.3 Å². The van der Waals surface area contributed by atoms with Crippen LogP contribution < -0.4 is 15.8 Å². The highest BCUT2D eigenvalue weighted by atomic mass is 127. The van der Waals surface area contributed by atoms with Crippen LogP contribution in [0.3, 0.4) is 0 Å². The summed E-state index contributed by atoms with van der Waals surface area (Å²) in [4.78, 5) is 4.06. The molecule has 1 saturated heterocycles. The molecule has 0 spiro atoms. The molecule has 1 heterocycles. The molecule has 0 aliphatic carbocycles. The highest BCUT2D eigenvalue weighted by Gasteiger charge is 2.32. The lowest BCUT2D eigenvalue weighted by atomic mass is 10.1. The number of hydrogen-bond acceptors (Lipinski definition) is 4. The van der Waals surface area contributed by atoms with E-state index in [4.69, 9.17) is 5.73 Å². The van der Waals surface area contributed by atoms with Crippen LogP contribution in [-0.4, -0.2) is 41.1 Å². The Balaban J connectivity index is 0.00000264. The summed E-state index contributed by atoms with van der Waals surface area (Å²) in [7, 11) is 0. The van der Waals surface area contributed by atoms with E-state index in [-0.39, 0.29) is 42.2 Å². The molecule has 130 valence electrons. The molecule has 1 aromatic rings. The zero-order chi connectivity index (χ0) is 16.2. The Morgan fingerprint density at radius 2 is 2.04 bits per heavy atom. The average Bonchev–Trinajstić information content (AvgIpc) is 2.85. The molecule has 1 fully saturated rings. The monoisotopic (exact) mass is 463 g/mol. The van der Waals surface area contributed by atoms with Crippen molar-refractivity contribution in [2.24, 2.45) is 10.7 Å². The van der Waals surface area contributed by atoms with Crippen LogP contribution in [0, 0.1) is 0 Å². The molecule has 1 aliphatic rings. The number of aliphatic hydroxyl groups is 1. The Bertz CT molecular complexity index is 534. The van der Waals surface area contributed by atoms with Gasteiger partial charge in [-0.2, -0.15) is 11.8 Å². The SMILES string of the molecule is I.NC(=NCC1(O)CCSC1)Nc1ccc(OC(F)(F)F)cc1. The fourth-order valence-electron chi connectivity index (χ4n) is 1.88. The van der Waals surface area contributed by atoms with Gasteiger partial charge in [0.25, 0.3) is 0 Å². The van der Waals surface area contributed by atoms with Crippen LogP contribution in [0.1, 0.15) is 6.42 Å². The van der Waals surface area contributed by atoms with E-state index in [1.807, 2.05) is 0 Å². The van der Waals surface area contributed by atoms with Crippen molar-refractivity contribution in [3.8, 4) is 5.75 Å². The van der Waals surface area contributed by atoms with Gasteiger partial charge < -0.3 is 20.9 Å². The Morgan fingerprint density at radius 3 is 2.57 bits per heavy atom. The van der Waals surface area contributed by atoms with Crippen molar-refractivity contribution in [2.45, 2.75) is 18.4 Å². The second-order valence-corrected chi connectivity index (χ2v) is 6.03. The maximum Gasteiger partial charge on any atom is 0.573 e. The lowest BCUT2D eigenvalue weighted by Gasteiger charge is -2.18. The van der Waals surface area contributed by atoms with Gasteiger partial charge in [0.1, 0.15) is 5.75 Å². The number of thioether (sulfide) groups is 1. The molecule has 0 bridgehead atoms. The number of guanidine groups is 1. The van der Waals surface area contributed by atoms with Gasteiger partial charge in [0.05, 0.1) is 12.1 Å². The first-order chi connectivity index (χ1) is 10.3. The van der Waals surface area contributed by atoms with Crippen molar-refractivity contribution in [3.63, 3.8) is 0 Å². The lowest BCUT2D eigenvalue weighted by molar-refractivity contribution is -0.274. The van der Waals surface area contributed by atoms with Crippen LogP contribution in [0.5, 0.6) is 5.75 Å². The van der Waals surface area contributed by atoms with E-state index in [0.717, 1.165) is 5.75 Å². The Morgan fingerprint density at radius 1 is 1.39 bits per heavy atom. The average molecular weight is 463 g/mol. The highest BCUT2D eigenvalue weighted by molar-refractivity contribution is 14.0. The second-order valence-electron chi connectivity index (χ2n) is 4.93. The standard InChI is InChI=1S/C13H16F3N3O2S.HI/c14-13(15,16)21-10-3-1-9(2-4-10)19-11(17)18-7-12(20)5-6-22-8-12;/h1-4,20H,5-8H2,(H3,17,18,19);1H. The van der Waals surface area contributed by atoms with E-state index in [9.17, 15) is 18.3 Å². The number of halogens is 4. The van der Waals surface area contributed by atoms with Crippen molar-refractivity contribution in [3.05, 3.63) is 24.3 Å². The minimum Gasteiger partial charge on any atom is -0.406 e. The number of rotatable bonds is 4. The van der Waals surface area contributed by atoms with Crippen LogP contribution in [0.25, 0.3) is 0 Å². The maximum atomic E-state index is 12.0. The molecular weight excluding hydrogens is 446 g/mol. The Labute approximate surface area is 152 Å². The molecule has 2 rings (SSSR count). The first-order valence-corrected chi connectivity index (χ1v) is 7.64. The molecule has 10 heteroatoms. The third-order valence-corrected chi connectivity index (χ3v) is 4.22. The van der Waals surface area contributed by atoms with Crippen molar-refractivity contribution in [1.29, 1.82) is 0 Å². The lowest BCUT2D eigenvalue weighted by Crippen LogP contribution is -2.34. The number of ether oxygens (including phenoxy) is 1. The minimum absolute atomic E-state index is 0. The van der Waals surface area contributed by atoms with Crippen LogP contribution in [0.2, 0.25) is 0 Å². The number of nitrogens with zero attached hydrogens (tertiary/aromatic N) is 1. The summed E-state index contributed by atoms with van der Waals surface area (Å²) in [5, 5.41) is 12.9. The third-order valence-electron chi connectivity index (χ3n) is 2.99. The third kappa shape index (κ3) is 7.04. The molecule has 0 aromatic heterocycles. The first-order valence-electron chi connectivity index (χ1n) is 6.49. The number of benzene rings is 1. The number of nitrogens with two attached hydrogens (primary N) is 1. The zero-order valence-corrected chi connectivity index (χ0v) is 15.1. The van der Waals surface area contributed by atoms with Crippen molar-refractivity contribution in [2.75, 3.05) is 23.4 Å². The summed E-state index contributed by atoms with van der Waals surface area (Å²) in [6.45, 7) is 0.189. The van der Waals surface area contributed by atoms with E-state index in [1.54, 1.807) is 11.8 Å². The molecule has 5 nitrogen and oxygen atoms in total. The molecule has 1 unspecified atom stereocenters. The number of anilines is 1. The smallest absolute Gasteiger partial charge is 0.406 e. The number of aliphatic imine (C=N–C) groups is 1. The number of nitrogens with one attached hydrogen (secondary N) is 1. The fraction of sp³-hybridized carbons (Fsp3) is 0.462. The fourth-order valence-corrected chi connectivity index (χ4v) is 3.17. The Kier molecular flexibility index (Phi) is 7.27. The van der Waals surface area contributed by atoms with Gasteiger partial charge in [-0.3, -0.25) is 4.99 Å². The molecule has 0 amide bonds. The molecule has 0 radical (unpaired) electrons. The van der Waals surface area contributed by atoms with Gasteiger partial charge in [0.15, 0.2) is 5.96 Å². The first kappa shape index (κ1) is 20.2. The molecule has 1 atom stereocenters. The van der Waals surface area contributed by atoms with Gasteiger partial charge >= 0.3 is 6.36 Å². The predicted molar refractivity (Wildman–Crippen MR) is 95.5 cm³/mol. The maximum absolute atomic E-state index is 12.0. The predicted octanol–water partition coefficient (Wildman–Crippen LogP) is 2.80. The van der Waals surface area contributed by atoms with Gasteiger partial charge in [-0.25, -0.2) is 0 Å². The van der Waals surface area contributed by atoms with Gasteiger partial charge in [-0.05, 0) is 36.4 Å². The van der Waals surface area contributed by atoms with Crippen LogP contribution in [-0.2, 0) is 0 Å². The summed E-state index contributed by atoms with van der Waals surface area (Å²) in [6, 6.07) is 5.13. The van der Waals surface area contributed by atoms with Crippen molar-refractivity contribution >= 4 is 47.4 Å². The molecule has 23 heavy (non-hydrogen) atoms. The second kappa shape index (κ2) is 8.29. The van der Waals surface area contributed by atoms with Crippen molar-refractivity contribution in [1.82, 2.24) is 0 Å². The van der Waals surface area contributed by atoms with E-state index in [2.05, 4.69) is 15.0 Å². The quantitative estimate of drug-likeness (QED) is 0.364. The number of alkyl halides is 3. The van der Waals surface area contributed by atoms with Crippen LogP contribution in [0.4, 0.5) is 18.9 Å². The summed E-state index contributed by atoms with van der Waals surface area (Å²) < 4.78 is 39.9. The van der Waals surface area contributed by atoms with Crippen molar-refractivity contribution < 1.29 is 23.0 Å². The van der Waals surface area contributed by atoms with E-state index >= 15 is 0 Å². The van der Waals surface area contributed by atoms with Gasteiger partial charge in [-0.1, -0.05) is 0 Å². The van der Waals surface area contributed by atoms with E-state index < -0.39 is 12.0 Å². The zero-order valence-electron chi connectivity index (χ0n) is 12.0. The normalized spacial score (nSPS) is 21.7. The van der Waals surface area contributed by atoms with Gasteiger partial charge in [-0.15, -0.1) is 37.1 Å². The molecular formula is C13H17F3IN3O2S.